The van der Waals surface area contributed by atoms with E-state index in [0.717, 1.165) is 0 Å². The third-order valence-corrected chi connectivity index (χ3v) is 2.77. The number of hydrogen-bond donors (Lipinski definition) is 1. The minimum absolute atomic E-state index is 0.165. The van der Waals surface area contributed by atoms with Crippen molar-refractivity contribution in [1.29, 1.82) is 0 Å². The van der Waals surface area contributed by atoms with Gasteiger partial charge in [-0.25, -0.2) is 4.79 Å². The van der Waals surface area contributed by atoms with Gasteiger partial charge in [0.05, 0.1) is 13.2 Å². The van der Waals surface area contributed by atoms with Gasteiger partial charge in [0.25, 0.3) is 0 Å². The second-order valence-corrected chi connectivity index (χ2v) is 5.70. The van der Waals surface area contributed by atoms with Crippen LogP contribution in [-0.4, -0.2) is 30.6 Å². The number of Topliss-reactive ketones (excluding diaryl/α,β-unsaturated/α-hetero) is 1. The molecule has 0 aliphatic rings. The van der Waals surface area contributed by atoms with Crippen molar-refractivity contribution in [3.63, 3.8) is 0 Å². The van der Waals surface area contributed by atoms with Gasteiger partial charge in [0.15, 0.2) is 5.78 Å². The molecule has 0 aromatic heterocycles. The minimum Gasteiger partial charge on any atom is -0.497 e. The number of hydrogen-bond acceptors (Lipinski definition) is 4. The van der Waals surface area contributed by atoms with Crippen LogP contribution in [0.1, 0.15) is 44.5 Å². The maximum Gasteiger partial charge on any atom is 0.408 e. The van der Waals surface area contributed by atoms with E-state index < -0.39 is 17.7 Å². The van der Waals surface area contributed by atoms with Crippen LogP contribution in [0.5, 0.6) is 5.75 Å². The molecule has 21 heavy (non-hydrogen) atoms. The fourth-order valence-corrected chi connectivity index (χ4v) is 1.78. The summed E-state index contributed by atoms with van der Waals surface area (Å²) in [5, 5.41) is 2.61. The number of rotatable bonds is 5. The molecule has 0 spiro atoms. The fraction of sp³-hybridized carbons (Fsp3) is 0.500. The Labute approximate surface area is 125 Å². The molecule has 0 radical (unpaired) electrons. The first-order chi connectivity index (χ1) is 9.76. The molecule has 0 heterocycles. The Kier molecular flexibility index (Phi) is 5.76. The smallest absolute Gasteiger partial charge is 0.408 e. The fourth-order valence-electron chi connectivity index (χ4n) is 1.78. The second kappa shape index (κ2) is 7.11. The van der Waals surface area contributed by atoms with Crippen molar-refractivity contribution in [1.82, 2.24) is 5.32 Å². The normalized spacial score (nSPS) is 12.4. The standard InChI is InChI=1S/C16H23NO4/c1-6-13(17-15(19)21-16(2,3)4)14(18)11-8-7-9-12(10-11)20-5/h7-10,13H,6H2,1-5H3,(H,17,19)/t13-/m0/s1. The maximum atomic E-state index is 12.4. The molecule has 0 saturated heterocycles. The number of benzene rings is 1. The van der Waals surface area contributed by atoms with Crippen LogP contribution in [0, 0.1) is 0 Å². The SMILES string of the molecule is CC[C@H](NC(=O)OC(C)(C)C)C(=O)c1cccc(OC)c1. The predicted molar refractivity (Wildman–Crippen MR) is 80.8 cm³/mol. The average molecular weight is 293 g/mol. The van der Waals surface area contributed by atoms with Crippen LogP contribution in [0.15, 0.2) is 24.3 Å². The number of ether oxygens (including phenoxy) is 2. The van der Waals surface area contributed by atoms with Crippen molar-refractivity contribution in [3.05, 3.63) is 29.8 Å². The van der Waals surface area contributed by atoms with E-state index in [-0.39, 0.29) is 5.78 Å². The Hall–Kier alpha value is -2.04. The molecule has 0 aliphatic heterocycles. The number of carbonyl (C=O) groups excluding carboxylic acids is 2. The lowest BCUT2D eigenvalue weighted by molar-refractivity contribution is 0.0490. The summed E-state index contributed by atoms with van der Waals surface area (Å²) >= 11 is 0. The van der Waals surface area contributed by atoms with E-state index in [2.05, 4.69) is 5.32 Å². The first-order valence-corrected chi connectivity index (χ1v) is 6.94. The van der Waals surface area contributed by atoms with E-state index in [1.165, 1.54) is 0 Å². The average Bonchev–Trinajstić information content (AvgIpc) is 2.42. The predicted octanol–water partition coefficient (Wildman–Crippen LogP) is 3.18. The van der Waals surface area contributed by atoms with Gasteiger partial charge in [-0.2, -0.15) is 0 Å². The van der Waals surface area contributed by atoms with Gasteiger partial charge in [-0.1, -0.05) is 19.1 Å². The van der Waals surface area contributed by atoms with Crippen LogP contribution < -0.4 is 10.1 Å². The quantitative estimate of drug-likeness (QED) is 0.847. The molecule has 1 aromatic carbocycles. The number of ketones is 1. The molecule has 1 N–H and O–H groups in total. The molecule has 0 unspecified atom stereocenters. The molecule has 0 bridgehead atoms. The van der Waals surface area contributed by atoms with E-state index in [1.54, 1.807) is 52.1 Å². The monoisotopic (exact) mass is 293 g/mol. The lowest BCUT2D eigenvalue weighted by Crippen LogP contribution is -2.43. The number of alkyl carbamates (subject to hydrolysis) is 1. The van der Waals surface area contributed by atoms with Crippen LogP contribution in [0.4, 0.5) is 4.79 Å². The first-order valence-electron chi connectivity index (χ1n) is 6.94. The van der Waals surface area contributed by atoms with Crippen LogP contribution in [0.25, 0.3) is 0 Å². The summed E-state index contributed by atoms with van der Waals surface area (Å²) in [6.45, 7) is 7.16. The third-order valence-electron chi connectivity index (χ3n) is 2.77. The Bertz CT molecular complexity index is 505. The molecule has 1 amide bonds. The third kappa shape index (κ3) is 5.45. The van der Waals surface area contributed by atoms with Crippen molar-refractivity contribution >= 4 is 11.9 Å². The van der Waals surface area contributed by atoms with E-state index in [0.29, 0.717) is 17.7 Å². The summed E-state index contributed by atoms with van der Waals surface area (Å²) in [6, 6.07) is 6.24. The van der Waals surface area contributed by atoms with Gasteiger partial charge in [-0.05, 0) is 39.3 Å². The molecule has 116 valence electrons. The zero-order valence-corrected chi connectivity index (χ0v) is 13.2. The zero-order valence-electron chi connectivity index (χ0n) is 13.2. The lowest BCUT2D eigenvalue weighted by atomic mass is 10.0. The van der Waals surface area contributed by atoms with E-state index in [4.69, 9.17) is 9.47 Å². The summed E-state index contributed by atoms with van der Waals surface area (Å²) in [7, 11) is 1.54. The van der Waals surface area contributed by atoms with Gasteiger partial charge in [0.1, 0.15) is 11.4 Å². The molecular formula is C16H23NO4. The molecule has 0 fully saturated rings. The summed E-state index contributed by atoms with van der Waals surface area (Å²) in [5.74, 6) is 0.440. The lowest BCUT2D eigenvalue weighted by Gasteiger charge is -2.22. The van der Waals surface area contributed by atoms with E-state index >= 15 is 0 Å². The van der Waals surface area contributed by atoms with Gasteiger partial charge < -0.3 is 14.8 Å². The summed E-state index contributed by atoms with van der Waals surface area (Å²) in [4.78, 5) is 24.2. The summed E-state index contributed by atoms with van der Waals surface area (Å²) in [6.07, 6.45) is -0.111. The molecule has 0 saturated carbocycles. The van der Waals surface area contributed by atoms with Gasteiger partial charge in [0, 0.05) is 5.56 Å². The molecule has 1 atom stereocenters. The highest BCUT2D eigenvalue weighted by Crippen LogP contribution is 2.15. The van der Waals surface area contributed by atoms with Crippen molar-refractivity contribution in [2.75, 3.05) is 7.11 Å². The second-order valence-electron chi connectivity index (χ2n) is 5.70. The van der Waals surface area contributed by atoms with Gasteiger partial charge in [0.2, 0.25) is 0 Å². The van der Waals surface area contributed by atoms with Gasteiger partial charge >= 0.3 is 6.09 Å². The number of amides is 1. The number of nitrogens with one attached hydrogen (secondary N) is 1. The molecule has 5 heteroatoms. The van der Waals surface area contributed by atoms with Crippen molar-refractivity contribution in [2.45, 2.75) is 45.8 Å². The molecule has 0 aliphatic carbocycles. The van der Waals surface area contributed by atoms with Crippen LogP contribution in [0.3, 0.4) is 0 Å². The van der Waals surface area contributed by atoms with Crippen molar-refractivity contribution in [3.8, 4) is 5.75 Å². The highest BCUT2D eigenvalue weighted by Gasteiger charge is 2.24. The first kappa shape index (κ1) is 17.0. The Morgan fingerprint density at radius 3 is 2.48 bits per heavy atom. The van der Waals surface area contributed by atoms with Crippen LogP contribution in [0.2, 0.25) is 0 Å². The van der Waals surface area contributed by atoms with Crippen LogP contribution in [-0.2, 0) is 4.74 Å². The topological polar surface area (TPSA) is 64.6 Å². The highest BCUT2D eigenvalue weighted by molar-refractivity contribution is 6.01. The molecule has 1 aromatic rings. The van der Waals surface area contributed by atoms with E-state index in [1.807, 2.05) is 6.92 Å². The van der Waals surface area contributed by atoms with Crippen LogP contribution >= 0.6 is 0 Å². The Morgan fingerprint density at radius 2 is 1.95 bits per heavy atom. The molecule has 1 rings (SSSR count). The van der Waals surface area contributed by atoms with Crippen molar-refractivity contribution < 1.29 is 19.1 Å². The van der Waals surface area contributed by atoms with E-state index in [9.17, 15) is 9.59 Å². The molecule has 5 nitrogen and oxygen atoms in total. The zero-order chi connectivity index (χ0) is 16.0. The van der Waals surface area contributed by atoms with Gasteiger partial charge in [-0.15, -0.1) is 0 Å². The number of carbonyl (C=O) groups is 2. The van der Waals surface area contributed by atoms with Crippen molar-refractivity contribution in [2.24, 2.45) is 0 Å². The summed E-state index contributed by atoms with van der Waals surface area (Å²) < 4.78 is 10.3. The minimum atomic E-state index is -0.619. The summed E-state index contributed by atoms with van der Waals surface area (Å²) in [5.41, 5.74) is -0.0984. The number of methoxy groups -OCH3 is 1. The Balaban J connectivity index is 2.79. The van der Waals surface area contributed by atoms with Gasteiger partial charge in [-0.3, -0.25) is 4.79 Å². The molecular weight excluding hydrogens is 270 g/mol. The largest absolute Gasteiger partial charge is 0.497 e. The maximum absolute atomic E-state index is 12.4. The highest BCUT2D eigenvalue weighted by atomic mass is 16.6. The Morgan fingerprint density at radius 1 is 1.29 bits per heavy atom.